The molecule has 13 heteroatoms. The number of hydrogen-bond acceptors (Lipinski definition) is 10. The number of benzene rings is 3. The summed E-state index contributed by atoms with van der Waals surface area (Å²) < 4.78 is 31.1. The summed E-state index contributed by atoms with van der Waals surface area (Å²) in [7, 11) is 0. The quantitative estimate of drug-likeness (QED) is 0.124. The molecule has 2 heterocycles. The summed E-state index contributed by atoms with van der Waals surface area (Å²) in [6, 6.07) is 16.7. The zero-order valence-corrected chi connectivity index (χ0v) is 26.8. The predicted molar refractivity (Wildman–Crippen MR) is 180 cm³/mol. The highest BCUT2D eigenvalue weighted by Crippen LogP contribution is 2.38. The highest BCUT2D eigenvalue weighted by Gasteiger charge is 2.21. The number of carbonyl (C=O) groups is 1. The van der Waals surface area contributed by atoms with E-state index in [2.05, 4.69) is 21.7 Å². The fourth-order valence-corrected chi connectivity index (χ4v) is 5.34. The molecule has 1 amide bonds. The van der Waals surface area contributed by atoms with Gasteiger partial charge in [-0.3, -0.25) is 14.7 Å². The number of aliphatic hydroxyl groups is 2. The molecule has 0 radical (unpaired) electrons. The Morgan fingerprint density at radius 1 is 1.17 bits per heavy atom. The Labute approximate surface area is 282 Å². The Kier molecular flexibility index (Phi) is 12.1. The summed E-state index contributed by atoms with van der Waals surface area (Å²) in [5.41, 5.74) is 2.80. The molecule has 1 saturated heterocycles. The highest BCUT2D eigenvalue weighted by atomic mass is 35.5. The van der Waals surface area contributed by atoms with Gasteiger partial charge >= 0.3 is 0 Å². The highest BCUT2D eigenvalue weighted by molar-refractivity contribution is 6.32. The smallest absolute Gasteiger partial charge is 0.248 e. The number of nitriles is 1. The minimum absolute atomic E-state index is 0.0709. The molecule has 1 aliphatic rings. The predicted octanol–water partition coefficient (Wildman–Crippen LogP) is 5.17. The Morgan fingerprint density at radius 3 is 2.71 bits per heavy atom. The molecule has 11 nitrogen and oxygen atoms in total. The summed E-state index contributed by atoms with van der Waals surface area (Å²) >= 11 is 6.54. The van der Waals surface area contributed by atoms with Crippen LogP contribution in [0.5, 0.6) is 11.5 Å². The molecule has 48 heavy (non-hydrogen) atoms. The number of carbonyl (C=O) groups excluding carboxylic acids is 1. The number of aliphatic hydroxyl groups excluding tert-OH is 2. The summed E-state index contributed by atoms with van der Waals surface area (Å²) in [5.74, 6) is 0.0188. The number of amides is 1. The number of aromatic nitrogens is 1. The molecule has 1 fully saturated rings. The average molecular weight is 676 g/mol. The maximum absolute atomic E-state index is 13.6. The molecule has 4 N–H and O–H groups in total. The second-order valence-electron chi connectivity index (χ2n) is 11.0. The topological polar surface area (TPSA) is 149 Å². The summed E-state index contributed by atoms with van der Waals surface area (Å²) in [5, 5.41) is 35.5. The van der Waals surface area contributed by atoms with Crippen LogP contribution in [-0.2, 0) is 16.1 Å². The van der Waals surface area contributed by atoms with Gasteiger partial charge in [-0.15, -0.1) is 0 Å². The molecule has 0 aliphatic carbocycles. The Morgan fingerprint density at radius 2 is 2.00 bits per heavy atom. The minimum atomic E-state index is -0.422. The van der Waals surface area contributed by atoms with Crippen molar-refractivity contribution in [1.29, 1.82) is 5.26 Å². The van der Waals surface area contributed by atoms with Crippen molar-refractivity contribution < 1.29 is 33.6 Å². The number of rotatable bonds is 15. The third-order valence-corrected chi connectivity index (χ3v) is 7.77. The standard InChI is InChI=1S/C35H35ClFN5O6/c36-29-16-26(6-7-32(29)47-21-23-3-1-4-25(37)15-23)40-35-24(19-38)20-39-30-18-33(48-27-8-14-46-22-27)31(17-28(30)35)41-34(45)5-2-9-42(10-12-43)11-13-44/h1-7,15-18,20,27,43-44H,8-14,21-22H2,(H,39,40)(H,41,45)/t27-/m0/s1. The maximum atomic E-state index is 13.6. The summed E-state index contributed by atoms with van der Waals surface area (Å²) in [6.07, 6.45) is 4.95. The lowest BCUT2D eigenvalue weighted by Crippen LogP contribution is -2.30. The van der Waals surface area contributed by atoms with Crippen LogP contribution in [-0.4, -0.2) is 78.2 Å². The lowest BCUT2D eigenvalue weighted by atomic mass is 10.1. The molecule has 1 aromatic heterocycles. The molecule has 0 unspecified atom stereocenters. The molecule has 0 spiro atoms. The molecule has 1 atom stereocenters. The van der Waals surface area contributed by atoms with Gasteiger partial charge < -0.3 is 35.1 Å². The first-order valence-corrected chi connectivity index (χ1v) is 15.7. The van der Waals surface area contributed by atoms with Crippen molar-refractivity contribution in [1.82, 2.24) is 9.88 Å². The zero-order valence-electron chi connectivity index (χ0n) is 26.0. The van der Waals surface area contributed by atoms with Gasteiger partial charge in [0.1, 0.15) is 36.1 Å². The van der Waals surface area contributed by atoms with Crippen molar-refractivity contribution in [2.45, 2.75) is 19.1 Å². The zero-order chi connectivity index (χ0) is 33.9. The van der Waals surface area contributed by atoms with E-state index in [9.17, 15) is 24.7 Å². The number of ether oxygens (including phenoxy) is 3. The number of anilines is 3. The molecule has 0 bridgehead atoms. The molecule has 4 aromatic rings. The maximum Gasteiger partial charge on any atom is 0.248 e. The van der Waals surface area contributed by atoms with Crippen molar-refractivity contribution >= 4 is 45.5 Å². The molecular formula is C35H35ClFN5O6. The van der Waals surface area contributed by atoms with Crippen LogP contribution in [0.15, 0.2) is 72.9 Å². The van der Waals surface area contributed by atoms with Crippen molar-refractivity contribution in [2.24, 2.45) is 0 Å². The monoisotopic (exact) mass is 675 g/mol. The largest absolute Gasteiger partial charge is 0.487 e. The van der Waals surface area contributed by atoms with E-state index in [1.807, 2.05) is 0 Å². The van der Waals surface area contributed by atoms with Crippen LogP contribution in [0, 0.1) is 17.1 Å². The van der Waals surface area contributed by atoms with Gasteiger partial charge in [0.2, 0.25) is 5.91 Å². The first-order valence-electron chi connectivity index (χ1n) is 15.3. The van der Waals surface area contributed by atoms with E-state index < -0.39 is 5.91 Å². The van der Waals surface area contributed by atoms with E-state index >= 15 is 0 Å². The first-order chi connectivity index (χ1) is 23.4. The fourth-order valence-electron chi connectivity index (χ4n) is 5.11. The molecular weight excluding hydrogens is 641 g/mol. The van der Waals surface area contributed by atoms with Crippen LogP contribution in [0.1, 0.15) is 17.5 Å². The molecule has 250 valence electrons. The van der Waals surface area contributed by atoms with Crippen molar-refractivity contribution in [3.05, 3.63) is 94.9 Å². The van der Waals surface area contributed by atoms with Crippen molar-refractivity contribution in [3.8, 4) is 17.6 Å². The number of nitrogens with zero attached hydrogens (tertiary/aromatic N) is 3. The van der Waals surface area contributed by atoms with E-state index in [0.717, 1.165) is 0 Å². The number of nitrogens with one attached hydrogen (secondary N) is 2. The molecule has 1 aliphatic heterocycles. The fraction of sp³-hybridized carbons (Fsp3) is 0.286. The normalized spacial score (nSPS) is 14.4. The van der Waals surface area contributed by atoms with E-state index in [0.29, 0.717) is 89.3 Å². The van der Waals surface area contributed by atoms with Crippen LogP contribution in [0.3, 0.4) is 0 Å². The second kappa shape index (κ2) is 16.9. The van der Waals surface area contributed by atoms with Gasteiger partial charge in [-0.2, -0.15) is 5.26 Å². The van der Waals surface area contributed by atoms with Gasteiger partial charge in [-0.05, 0) is 42.0 Å². The minimum Gasteiger partial charge on any atom is -0.487 e. The van der Waals surface area contributed by atoms with Gasteiger partial charge in [0.25, 0.3) is 0 Å². The van der Waals surface area contributed by atoms with Gasteiger partial charge in [0, 0.05) is 55.5 Å². The van der Waals surface area contributed by atoms with Crippen molar-refractivity contribution in [3.63, 3.8) is 0 Å². The third kappa shape index (κ3) is 9.19. The average Bonchev–Trinajstić information content (AvgIpc) is 3.58. The van der Waals surface area contributed by atoms with Gasteiger partial charge in [0.15, 0.2) is 0 Å². The number of fused-ring (bicyclic) bond motifs is 1. The third-order valence-electron chi connectivity index (χ3n) is 7.48. The number of halogens is 2. The van der Waals surface area contributed by atoms with Crippen LogP contribution in [0.2, 0.25) is 5.02 Å². The van der Waals surface area contributed by atoms with E-state index in [-0.39, 0.29) is 37.3 Å². The molecule has 5 rings (SSSR count). The van der Waals surface area contributed by atoms with E-state index in [1.165, 1.54) is 24.4 Å². The number of pyridine rings is 1. The van der Waals surface area contributed by atoms with Gasteiger partial charge in [0.05, 0.1) is 53.9 Å². The molecule has 3 aromatic carbocycles. The van der Waals surface area contributed by atoms with Gasteiger partial charge in [-0.25, -0.2) is 4.39 Å². The van der Waals surface area contributed by atoms with Crippen LogP contribution >= 0.6 is 11.6 Å². The Balaban J connectivity index is 1.42. The second-order valence-corrected chi connectivity index (χ2v) is 11.4. The van der Waals surface area contributed by atoms with Crippen LogP contribution in [0.4, 0.5) is 21.5 Å². The summed E-state index contributed by atoms with van der Waals surface area (Å²) in [4.78, 5) is 19.3. The van der Waals surface area contributed by atoms with E-state index in [4.69, 9.17) is 25.8 Å². The lowest BCUT2D eigenvalue weighted by molar-refractivity contribution is -0.111. The van der Waals surface area contributed by atoms with E-state index in [1.54, 1.807) is 53.4 Å². The summed E-state index contributed by atoms with van der Waals surface area (Å²) in [6.45, 7) is 2.04. The Hall–Kier alpha value is -4.77. The lowest BCUT2D eigenvalue weighted by Gasteiger charge is -2.19. The SMILES string of the molecule is N#Cc1cnc2cc(O[C@H]3CCOC3)c(NC(=O)C=CCN(CCO)CCO)cc2c1Nc1ccc(OCc2cccc(F)c2)c(Cl)c1. The van der Waals surface area contributed by atoms with Crippen LogP contribution < -0.4 is 20.1 Å². The first kappa shape index (κ1) is 34.6. The van der Waals surface area contributed by atoms with Crippen LogP contribution in [0.25, 0.3) is 10.9 Å². The Bertz CT molecular complexity index is 1800. The number of hydrogen-bond donors (Lipinski definition) is 4. The van der Waals surface area contributed by atoms with Crippen molar-refractivity contribution in [2.75, 3.05) is 56.7 Å². The van der Waals surface area contributed by atoms with Gasteiger partial charge in [-0.1, -0.05) is 29.8 Å². The molecule has 0 saturated carbocycles.